The van der Waals surface area contributed by atoms with Crippen molar-refractivity contribution in [2.75, 3.05) is 20.1 Å². The van der Waals surface area contributed by atoms with E-state index in [-0.39, 0.29) is 24.0 Å². The molecule has 4 rings (SSSR count). The van der Waals surface area contributed by atoms with Crippen LogP contribution in [0.1, 0.15) is 29.7 Å². The number of hydrogen-bond acceptors (Lipinski definition) is 4. The van der Waals surface area contributed by atoms with Crippen molar-refractivity contribution >= 4 is 52.2 Å². The molecule has 0 radical (unpaired) electrons. The molecule has 0 atom stereocenters. The summed E-state index contributed by atoms with van der Waals surface area (Å²) in [4.78, 5) is 6.94. The summed E-state index contributed by atoms with van der Waals surface area (Å²) in [6.07, 6.45) is 2.27. The van der Waals surface area contributed by atoms with Crippen molar-refractivity contribution in [2.24, 2.45) is 4.99 Å². The number of nitrogens with zero attached hydrogens (tertiary/aromatic N) is 2. The summed E-state index contributed by atoms with van der Waals surface area (Å²) < 4.78 is 6.00. The Labute approximate surface area is 193 Å². The van der Waals surface area contributed by atoms with Crippen molar-refractivity contribution in [3.8, 4) is 0 Å². The van der Waals surface area contributed by atoms with Crippen molar-refractivity contribution < 1.29 is 4.42 Å². The van der Waals surface area contributed by atoms with Gasteiger partial charge in [-0.25, -0.2) is 0 Å². The molecular formula is C22H29IN4OS. The molecule has 3 aromatic rings. The molecule has 2 N–H and O–H groups in total. The van der Waals surface area contributed by atoms with E-state index in [0.717, 1.165) is 49.8 Å². The highest BCUT2D eigenvalue weighted by molar-refractivity contribution is 14.0. The minimum Gasteiger partial charge on any atom is -0.459 e. The summed E-state index contributed by atoms with van der Waals surface area (Å²) in [5, 5.41) is 12.6. The fourth-order valence-corrected chi connectivity index (χ4v) is 4.48. The number of furan rings is 1. The second-order valence-corrected chi connectivity index (χ2v) is 8.18. The molecule has 1 fully saturated rings. The summed E-state index contributed by atoms with van der Waals surface area (Å²) in [6, 6.07) is 10.9. The van der Waals surface area contributed by atoms with Crippen LogP contribution in [0.3, 0.4) is 0 Å². The number of nitrogens with one attached hydrogen (secondary N) is 2. The van der Waals surface area contributed by atoms with E-state index in [0.29, 0.717) is 12.6 Å². The third-order valence-electron chi connectivity index (χ3n) is 5.50. The number of halogens is 1. The molecule has 0 spiro atoms. The van der Waals surface area contributed by atoms with Crippen LogP contribution in [-0.4, -0.2) is 37.0 Å². The maximum Gasteiger partial charge on any atom is 0.191 e. The number of benzene rings is 1. The summed E-state index contributed by atoms with van der Waals surface area (Å²) in [5.74, 6) is 1.81. The Morgan fingerprint density at radius 2 is 2.03 bits per heavy atom. The minimum absolute atomic E-state index is 0. The average Bonchev–Trinajstić information content (AvgIpc) is 3.35. The fourth-order valence-electron chi connectivity index (χ4n) is 3.82. The molecule has 1 aliphatic heterocycles. The number of guanidine groups is 1. The molecule has 0 amide bonds. The van der Waals surface area contributed by atoms with Gasteiger partial charge in [0.05, 0.1) is 6.54 Å². The molecule has 29 heavy (non-hydrogen) atoms. The van der Waals surface area contributed by atoms with Gasteiger partial charge >= 0.3 is 0 Å². The van der Waals surface area contributed by atoms with E-state index in [9.17, 15) is 0 Å². The van der Waals surface area contributed by atoms with E-state index in [1.54, 1.807) is 11.3 Å². The van der Waals surface area contributed by atoms with Crippen LogP contribution in [-0.2, 0) is 13.1 Å². The Morgan fingerprint density at radius 1 is 1.24 bits per heavy atom. The molecule has 0 bridgehead atoms. The van der Waals surface area contributed by atoms with Gasteiger partial charge in [0.25, 0.3) is 0 Å². The Bertz CT molecular complexity index is 930. The summed E-state index contributed by atoms with van der Waals surface area (Å²) in [7, 11) is 1.83. The smallest absolute Gasteiger partial charge is 0.191 e. The lowest BCUT2D eigenvalue weighted by Gasteiger charge is -2.32. The zero-order valence-electron chi connectivity index (χ0n) is 17.0. The lowest BCUT2D eigenvalue weighted by molar-refractivity contribution is 0.198. The third-order valence-corrected chi connectivity index (χ3v) is 6.23. The first-order chi connectivity index (χ1) is 13.7. The molecule has 2 aromatic heterocycles. The predicted molar refractivity (Wildman–Crippen MR) is 132 cm³/mol. The standard InChI is InChI=1S/C22H28N4OS.HI/c1-16-19-5-3-4-6-20(19)27-21(16)13-24-22(23-2)25-18-7-10-26(11-8-18)14-17-9-12-28-15-17;/h3-6,9,12,15,18H,7-8,10-11,13-14H2,1-2H3,(H2,23,24,25);1H. The monoisotopic (exact) mass is 524 g/mol. The highest BCUT2D eigenvalue weighted by atomic mass is 127. The van der Waals surface area contributed by atoms with Crippen LogP contribution in [0.15, 0.2) is 50.5 Å². The Hall–Kier alpha value is -1.58. The van der Waals surface area contributed by atoms with Crippen LogP contribution in [0.4, 0.5) is 0 Å². The van der Waals surface area contributed by atoms with Crippen molar-refractivity contribution in [1.29, 1.82) is 0 Å². The van der Waals surface area contributed by atoms with Crippen LogP contribution in [0.25, 0.3) is 11.0 Å². The minimum atomic E-state index is 0. The van der Waals surface area contributed by atoms with Crippen LogP contribution < -0.4 is 10.6 Å². The average molecular weight is 524 g/mol. The van der Waals surface area contributed by atoms with Gasteiger partial charge in [-0.15, -0.1) is 24.0 Å². The van der Waals surface area contributed by atoms with Crippen molar-refractivity contribution in [3.63, 3.8) is 0 Å². The van der Waals surface area contributed by atoms with Crippen molar-refractivity contribution in [3.05, 3.63) is 58.0 Å². The highest BCUT2D eigenvalue weighted by Gasteiger charge is 2.20. The number of fused-ring (bicyclic) bond motifs is 1. The van der Waals surface area contributed by atoms with Crippen LogP contribution in [0, 0.1) is 6.92 Å². The second kappa shape index (κ2) is 10.4. The lowest BCUT2D eigenvalue weighted by atomic mass is 10.0. The van der Waals surface area contributed by atoms with Crippen LogP contribution in [0.2, 0.25) is 0 Å². The SMILES string of the molecule is CN=C(NCc1oc2ccccc2c1C)NC1CCN(Cc2ccsc2)CC1.I. The fraction of sp³-hybridized carbons (Fsp3) is 0.409. The lowest BCUT2D eigenvalue weighted by Crippen LogP contribution is -2.48. The van der Waals surface area contributed by atoms with Crippen molar-refractivity contribution in [1.82, 2.24) is 15.5 Å². The predicted octanol–water partition coefficient (Wildman–Crippen LogP) is 4.75. The first kappa shape index (κ1) is 22.1. The van der Waals surface area contributed by atoms with Crippen LogP contribution >= 0.6 is 35.3 Å². The number of rotatable bonds is 5. The van der Waals surface area contributed by atoms with Gasteiger partial charge in [0.2, 0.25) is 0 Å². The quantitative estimate of drug-likeness (QED) is 0.288. The number of likely N-dealkylation sites (tertiary alicyclic amines) is 1. The van der Waals surface area contributed by atoms with E-state index in [4.69, 9.17) is 4.42 Å². The Kier molecular flexibility index (Phi) is 7.97. The zero-order chi connectivity index (χ0) is 19.3. The first-order valence-corrected chi connectivity index (χ1v) is 10.8. The molecule has 0 unspecified atom stereocenters. The highest BCUT2D eigenvalue weighted by Crippen LogP contribution is 2.24. The van der Waals surface area contributed by atoms with E-state index in [1.165, 1.54) is 16.5 Å². The zero-order valence-corrected chi connectivity index (χ0v) is 20.1. The molecule has 1 aliphatic rings. The Balaban J connectivity index is 0.00000240. The molecule has 5 nitrogen and oxygen atoms in total. The maximum absolute atomic E-state index is 6.00. The van der Waals surface area contributed by atoms with Gasteiger partial charge in [0, 0.05) is 43.7 Å². The van der Waals surface area contributed by atoms with Gasteiger partial charge in [-0.05, 0) is 48.2 Å². The largest absolute Gasteiger partial charge is 0.459 e. The summed E-state index contributed by atoms with van der Waals surface area (Å²) >= 11 is 1.78. The van der Waals surface area contributed by atoms with Gasteiger partial charge < -0.3 is 15.1 Å². The molecular weight excluding hydrogens is 495 g/mol. The van der Waals surface area contributed by atoms with Gasteiger partial charge in [-0.2, -0.15) is 11.3 Å². The second-order valence-electron chi connectivity index (χ2n) is 7.40. The summed E-state index contributed by atoms with van der Waals surface area (Å²) in [6.45, 7) is 6.05. The van der Waals surface area contributed by atoms with E-state index in [1.807, 2.05) is 25.2 Å². The number of aryl methyl sites for hydroxylation is 1. The number of piperidine rings is 1. The first-order valence-electron chi connectivity index (χ1n) is 9.90. The number of hydrogen-bond donors (Lipinski definition) is 2. The van der Waals surface area contributed by atoms with Gasteiger partial charge in [-0.3, -0.25) is 9.89 Å². The third kappa shape index (κ3) is 5.52. The molecule has 7 heteroatoms. The van der Waals surface area contributed by atoms with Gasteiger partial charge in [0.15, 0.2) is 5.96 Å². The Morgan fingerprint density at radius 3 is 2.72 bits per heavy atom. The van der Waals surface area contributed by atoms with E-state index in [2.05, 4.69) is 50.3 Å². The van der Waals surface area contributed by atoms with E-state index >= 15 is 0 Å². The molecule has 156 valence electrons. The number of para-hydroxylation sites is 1. The maximum atomic E-state index is 6.00. The normalized spacial score (nSPS) is 16.0. The molecule has 3 heterocycles. The molecule has 0 aliphatic carbocycles. The van der Waals surface area contributed by atoms with Gasteiger partial charge in [0.1, 0.15) is 11.3 Å². The van der Waals surface area contributed by atoms with E-state index < -0.39 is 0 Å². The molecule has 1 saturated heterocycles. The molecule has 0 saturated carbocycles. The van der Waals surface area contributed by atoms with Crippen LogP contribution in [0.5, 0.6) is 0 Å². The number of aliphatic imine (C=N–C) groups is 1. The topological polar surface area (TPSA) is 52.8 Å². The van der Waals surface area contributed by atoms with Gasteiger partial charge in [-0.1, -0.05) is 18.2 Å². The summed E-state index contributed by atoms with van der Waals surface area (Å²) in [5.41, 5.74) is 3.56. The van der Waals surface area contributed by atoms with Crippen molar-refractivity contribution in [2.45, 2.75) is 38.9 Å². The molecule has 1 aromatic carbocycles. The number of thiophene rings is 1.